The largest absolute Gasteiger partial charge is 0.479 e. The first-order chi connectivity index (χ1) is 14.1. The molecule has 0 fully saturated rings. The van der Waals surface area contributed by atoms with Crippen molar-refractivity contribution in [3.05, 3.63) is 76.8 Å². The van der Waals surface area contributed by atoms with E-state index in [2.05, 4.69) is 15.6 Å². The summed E-state index contributed by atoms with van der Waals surface area (Å²) in [5, 5.41) is 16.3. The number of amides is 2. The van der Waals surface area contributed by atoms with Crippen LogP contribution in [0, 0.1) is 11.3 Å². The molecule has 0 bridgehead atoms. The van der Waals surface area contributed by atoms with Crippen LogP contribution < -0.4 is 15.4 Å². The lowest BCUT2D eigenvalue weighted by atomic mass is 10.2. The van der Waals surface area contributed by atoms with Gasteiger partial charge in [0, 0.05) is 17.5 Å². The number of anilines is 1. The zero-order valence-corrected chi connectivity index (χ0v) is 16.2. The van der Waals surface area contributed by atoms with Crippen molar-refractivity contribution in [2.24, 2.45) is 0 Å². The van der Waals surface area contributed by atoms with Gasteiger partial charge in [-0.1, -0.05) is 30.3 Å². The van der Waals surface area contributed by atoms with Gasteiger partial charge in [0.1, 0.15) is 11.8 Å². The van der Waals surface area contributed by atoms with Gasteiger partial charge in [-0.15, -0.1) is 11.3 Å². The second-order valence-corrected chi connectivity index (χ2v) is 6.87. The number of hydrogen-bond donors (Lipinski definition) is 2. The number of carbonyl (C=O) groups excluding carboxylic acids is 2. The maximum absolute atomic E-state index is 12.2. The Morgan fingerprint density at radius 1 is 1.14 bits per heavy atom. The summed E-state index contributed by atoms with van der Waals surface area (Å²) in [6.45, 7) is 0.313. The van der Waals surface area contributed by atoms with E-state index in [9.17, 15) is 9.59 Å². The molecule has 0 aliphatic rings. The second-order valence-electron chi connectivity index (χ2n) is 6.01. The Morgan fingerprint density at radius 3 is 2.76 bits per heavy atom. The zero-order valence-electron chi connectivity index (χ0n) is 15.4. The number of nitrogens with zero attached hydrogens (tertiary/aromatic N) is 2. The van der Waals surface area contributed by atoms with Crippen LogP contribution in [0.2, 0.25) is 0 Å². The molecule has 8 heteroatoms. The van der Waals surface area contributed by atoms with Gasteiger partial charge >= 0.3 is 0 Å². The minimum absolute atomic E-state index is 0.0250. The van der Waals surface area contributed by atoms with Crippen LogP contribution in [0.25, 0.3) is 0 Å². The van der Waals surface area contributed by atoms with Crippen molar-refractivity contribution in [1.29, 1.82) is 5.26 Å². The minimum atomic E-state index is -0.241. The van der Waals surface area contributed by atoms with Crippen molar-refractivity contribution >= 4 is 28.3 Å². The molecule has 0 spiro atoms. The number of thiazole rings is 1. The number of nitrogens with one attached hydrogen (secondary N) is 2. The molecule has 7 nitrogen and oxygen atoms in total. The van der Waals surface area contributed by atoms with Gasteiger partial charge in [0.25, 0.3) is 5.91 Å². The molecule has 0 aliphatic heterocycles. The molecule has 0 saturated heterocycles. The Morgan fingerprint density at radius 2 is 1.97 bits per heavy atom. The maximum Gasteiger partial charge on any atom is 0.257 e. The van der Waals surface area contributed by atoms with E-state index < -0.39 is 0 Å². The first-order valence-corrected chi connectivity index (χ1v) is 9.68. The van der Waals surface area contributed by atoms with Crippen LogP contribution in [0.15, 0.2) is 60.0 Å². The standard InChI is InChI=1S/C21H18N4O3S/c22-9-10-28-18-8-4-5-15(11-18)13-23-19(26)12-17-14-29-21(24-17)25-20(27)16-6-2-1-3-7-16/h1-8,11,14H,10,12-13H2,(H,23,26)(H,24,25,27). The summed E-state index contributed by atoms with van der Waals surface area (Å²) in [4.78, 5) is 28.6. The van der Waals surface area contributed by atoms with Gasteiger partial charge in [-0.05, 0) is 29.8 Å². The molecule has 3 aromatic rings. The van der Waals surface area contributed by atoms with Crippen LogP contribution in [0.5, 0.6) is 5.75 Å². The lowest BCUT2D eigenvalue weighted by molar-refractivity contribution is -0.120. The third kappa shape index (κ3) is 6.16. The molecule has 146 valence electrons. The molecule has 0 unspecified atom stereocenters. The van der Waals surface area contributed by atoms with Crippen LogP contribution in [0.1, 0.15) is 21.6 Å². The molecule has 3 rings (SSSR count). The topological polar surface area (TPSA) is 104 Å². The van der Waals surface area contributed by atoms with Crippen LogP contribution >= 0.6 is 11.3 Å². The molecule has 2 N–H and O–H groups in total. The summed E-state index contributed by atoms with van der Waals surface area (Å²) in [7, 11) is 0. The highest BCUT2D eigenvalue weighted by Crippen LogP contribution is 2.17. The number of rotatable bonds is 8. The van der Waals surface area contributed by atoms with Crippen molar-refractivity contribution in [2.45, 2.75) is 13.0 Å². The summed E-state index contributed by atoms with van der Waals surface area (Å²) in [5.41, 5.74) is 1.99. The van der Waals surface area contributed by atoms with E-state index in [-0.39, 0.29) is 24.8 Å². The molecule has 2 aromatic carbocycles. The third-order valence-corrected chi connectivity index (χ3v) is 4.65. The first kappa shape index (κ1) is 20.0. The minimum Gasteiger partial charge on any atom is -0.479 e. The van der Waals surface area contributed by atoms with Gasteiger partial charge < -0.3 is 10.1 Å². The molecule has 0 saturated carbocycles. The van der Waals surface area contributed by atoms with Crippen molar-refractivity contribution in [2.75, 3.05) is 11.9 Å². The van der Waals surface area contributed by atoms with E-state index in [0.717, 1.165) is 5.56 Å². The van der Waals surface area contributed by atoms with Gasteiger partial charge in [-0.3, -0.25) is 14.9 Å². The fourth-order valence-electron chi connectivity index (χ4n) is 2.49. The second kappa shape index (κ2) is 10.0. The van der Waals surface area contributed by atoms with Crippen molar-refractivity contribution in [1.82, 2.24) is 10.3 Å². The molecular formula is C21H18N4O3S. The van der Waals surface area contributed by atoms with Crippen molar-refractivity contribution in [3.63, 3.8) is 0 Å². The van der Waals surface area contributed by atoms with Gasteiger partial charge in [-0.2, -0.15) is 5.26 Å². The van der Waals surface area contributed by atoms with Crippen LogP contribution in [0.3, 0.4) is 0 Å². The Kier molecular flexibility index (Phi) is 6.92. The highest BCUT2D eigenvalue weighted by molar-refractivity contribution is 7.14. The van der Waals surface area contributed by atoms with E-state index in [1.54, 1.807) is 47.8 Å². The Labute approximate surface area is 172 Å². The molecular weight excluding hydrogens is 388 g/mol. The fourth-order valence-corrected chi connectivity index (χ4v) is 3.20. The molecule has 0 aliphatic carbocycles. The monoisotopic (exact) mass is 406 g/mol. The maximum atomic E-state index is 12.2. The lowest BCUT2D eigenvalue weighted by Gasteiger charge is -2.07. The van der Waals surface area contributed by atoms with Crippen LogP contribution in [0.4, 0.5) is 5.13 Å². The third-order valence-electron chi connectivity index (χ3n) is 3.84. The number of ether oxygens (including phenoxy) is 1. The van der Waals surface area contributed by atoms with Gasteiger partial charge in [0.05, 0.1) is 12.1 Å². The molecule has 1 heterocycles. The van der Waals surface area contributed by atoms with E-state index in [1.807, 2.05) is 18.2 Å². The van der Waals surface area contributed by atoms with Crippen LogP contribution in [-0.2, 0) is 17.8 Å². The molecule has 2 amide bonds. The van der Waals surface area contributed by atoms with Gasteiger partial charge in [0.2, 0.25) is 5.91 Å². The Bertz CT molecular complexity index is 1030. The lowest BCUT2D eigenvalue weighted by Crippen LogP contribution is -2.24. The van der Waals surface area contributed by atoms with Crippen molar-refractivity contribution < 1.29 is 14.3 Å². The molecule has 0 radical (unpaired) electrons. The highest BCUT2D eigenvalue weighted by Gasteiger charge is 2.11. The normalized spacial score (nSPS) is 10.0. The summed E-state index contributed by atoms with van der Waals surface area (Å²) in [6.07, 6.45) is 0.113. The summed E-state index contributed by atoms with van der Waals surface area (Å²) in [5.74, 6) is 0.158. The predicted octanol–water partition coefficient (Wildman–Crippen LogP) is 3.16. The quantitative estimate of drug-likeness (QED) is 0.598. The number of hydrogen-bond acceptors (Lipinski definition) is 6. The molecule has 1 aromatic heterocycles. The molecule has 29 heavy (non-hydrogen) atoms. The Balaban J connectivity index is 1.49. The van der Waals surface area contributed by atoms with E-state index in [1.165, 1.54) is 11.3 Å². The smallest absolute Gasteiger partial charge is 0.257 e. The predicted molar refractivity (Wildman–Crippen MR) is 110 cm³/mol. The SMILES string of the molecule is N#CCOc1cccc(CNC(=O)Cc2csc(NC(=O)c3ccccc3)n2)c1. The number of nitriles is 1. The average Bonchev–Trinajstić information content (AvgIpc) is 3.18. The van der Waals surface area contributed by atoms with E-state index in [0.29, 0.717) is 28.7 Å². The zero-order chi connectivity index (χ0) is 20.5. The van der Waals surface area contributed by atoms with Gasteiger partial charge in [0.15, 0.2) is 11.7 Å². The number of aromatic nitrogens is 1. The van der Waals surface area contributed by atoms with Gasteiger partial charge in [-0.25, -0.2) is 4.98 Å². The Hall–Kier alpha value is -3.70. The summed E-state index contributed by atoms with van der Waals surface area (Å²) in [6, 6.07) is 18.0. The average molecular weight is 406 g/mol. The first-order valence-electron chi connectivity index (χ1n) is 8.80. The summed E-state index contributed by atoms with van der Waals surface area (Å²) >= 11 is 1.27. The highest BCUT2D eigenvalue weighted by atomic mass is 32.1. The number of benzene rings is 2. The van der Waals surface area contributed by atoms with E-state index >= 15 is 0 Å². The van der Waals surface area contributed by atoms with E-state index in [4.69, 9.17) is 10.00 Å². The fraction of sp³-hybridized carbons (Fsp3) is 0.143. The summed E-state index contributed by atoms with van der Waals surface area (Å²) < 4.78 is 5.25. The van der Waals surface area contributed by atoms with Crippen LogP contribution in [-0.4, -0.2) is 23.4 Å². The molecule has 0 atom stereocenters. The van der Waals surface area contributed by atoms with Crippen molar-refractivity contribution in [3.8, 4) is 11.8 Å². The number of carbonyl (C=O) groups is 2.